The van der Waals surface area contributed by atoms with Crippen molar-refractivity contribution in [1.82, 2.24) is 0 Å². The van der Waals surface area contributed by atoms with Gasteiger partial charge in [0.05, 0.1) is 5.41 Å². The maximum absolute atomic E-state index is 11.2. The van der Waals surface area contributed by atoms with E-state index in [0.29, 0.717) is 17.9 Å². The van der Waals surface area contributed by atoms with Crippen LogP contribution in [0.4, 0.5) is 0 Å². The number of carboxylic acids is 1. The smallest absolute Gasteiger partial charge is 0.314 e. The van der Waals surface area contributed by atoms with Gasteiger partial charge in [0, 0.05) is 15.5 Å². The summed E-state index contributed by atoms with van der Waals surface area (Å²) in [4.78, 5) is 12.2. The minimum absolute atomic E-state index is 0.571. The Morgan fingerprint density at radius 1 is 1.53 bits per heavy atom. The second-order valence-corrected chi connectivity index (χ2v) is 4.96. The summed E-state index contributed by atoms with van der Waals surface area (Å²) in [5, 5.41) is 9.80. The molecule has 1 aliphatic carbocycles. The number of benzene rings is 1. The molecule has 0 amide bonds. The highest BCUT2D eigenvalue weighted by Crippen LogP contribution is 2.53. The first-order valence-corrected chi connectivity index (χ1v) is 6.28. The maximum Gasteiger partial charge on any atom is 0.314 e. The molecule has 0 heterocycles. The second-order valence-electron chi connectivity index (χ2n) is 3.70. The second kappa shape index (κ2) is 3.72. The molecule has 2 rings (SSSR count). The highest BCUT2D eigenvalue weighted by atomic mass is 35.5. The third-order valence-electron chi connectivity index (χ3n) is 2.83. The molecule has 0 spiro atoms. The van der Waals surface area contributed by atoms with Gasteiger partial charge in [0.15, 0.2) is 0 Å². The van der Waals surface area contributed by atoms with Crippen molar-refractivity contribution in [2.24, 2.45) is 0 Å². The molecule has 4 heteroatoms. The Kier molecular flexibility index (Phi) is 2.69. The lowest BCUT2D eigenvalue weighted by Crippen LogP contribution is -2.20. The number of halogens is 1. The number of carboxylic acid groups (broad SMARTS) is 1. The molecule has 1 aliphatic rings. The van der Waals surface area contributed by atoms with Crippen LogP contribution in [0.3, 0.4) is 0 Å². The van der Waals surface area contributed by atoms with E-state index < -0.39 is 11.4 Å². The molecule has 0 saturated heterocycles. The Hall–Kier alpha value is -0.670. The summed E-state index contributed by atoms with van der Waals surface area (Å²) in [6.45, 7) is 0. The van der Waals surface area contributed by atoms with E-state index in [2.05, 4.69) is 0 Å². The molecule has 1 N–H and O–H groups in total. The topological polar surface area (TPSA) is 37.3 Å². The van der Waals surface area contributed by atoms with E-state index in [1.807, 2.05) is 18.4 Å². The molecule has 1 aromatic carbocycles. The van der Waals surface area contributed by atoms with Gasteiger partial charge in [-0.1, -0.05) is 17.7 Å². The molecular formula is C11H11ClO2S. The van der Waals surface area contributed by atoms with Crippen LogP contribution in [0.25, 0.3) is 0 Å². The van der Waals surface area contributed by atoms with Gasteiger partial charge in [0.1, 0.15) is 0 Å². The van der Waals surface area contributed by atoms with E-state index in [1.165, 1.54) is 0 Å². The number of thioether (sulfide) groups is 1. The monoisotopic (exact) mass is 242 g/mol. The SMILES string of the molecule is CSc1cccc(Cl)c1C1(C(=O)O)CC1. The third kappa shape index (κ3) is 1.64. The van der Waals surface area contributed by atoms with Gasteiger partial charge in [-0.3, -0.25) is 4.79 Å². The van der Waals surface area contributed by atoms with Gasteiger partial charge in [0.2, 0.25) is 0 Å². The van der Waals surface area contributed by atoms with E-state index in [4.69, 9.17) is 11.6 Å². The molecule has 0 atom stereocenters. The maximum atomic E-state index is 11.2. The molecule has 0 radical (unpaired) electrons. The summed E-state index contributed by atoms with van der Waals surface area (Å²) >= 11 is 7.65. The molecule has 0 aliphatic heterocycles. The fraction of sp³-hybridized carbons (Fsp3) is 0.364. The quantitative estimate of drug-likeness (QED) is 0.828. The number of rotatable bonds is 3. The molecule has 15 heavy (non-hydrogen) atoms. The van der Waals surface area contributed by atoms with Crippen LogP contribution in [0.1, 0.15) is 18.4 Å². The van der Waals surface area contributed by atoms with Gasteiger partial charge in [0.25, 0.3) is 0 Å². The summed E-state index contributed by atoms with van der Waals surface area (Å²) < 4.78 is 0. The van der Waals surface area contributed by atoms with Crippen molar-refractivity contribution in [3.63, 3.8) is 0 Å². The minimum Gasteiger partial charge on any atom is -0.481 e. The molecule has 0 aromatic heterocycles. The summed E-state index contributed by atoms with van der Waals surface area (Å²) in [5.41, 5.74) is 0.0862. The predicted octanol–water partition coefficient (Wildman–Crippen LogP) is 3.18. The molecule has 1 fully saturated rings. The van der Waals surface area contributed by atoms with Crippen molar-refractivity contribution in [1.29, 1.82) is 0 Å². The van der Waals surface area contributed by atoms with E-state index in [-0.39, 0.29) is 0 Å². The average molecular weight is 243 g/mol. The average Bonchev–Trinajstić information content (AvgIpc) is 2.98. The summed E-state index contributed by atoms with van der Waals surface area (Å²) in [5.74, 6) is -0.758. The Morgan fingerprint density at radius 2 is 2.20 bits per heavy atom. The van der Waals surface area contributed by atoms with E-state index in [1.54, 1.807) is 17.8 Å². The Morgan fingerprint density at radius 3 is 2.67 bits per heavy atom. The first-order chi connectivity index (χ1) is 7.12. The zero-order valence-electron chi connectivity index (χ0n) is 8.29. The van der Waals surface area contributed by atoms with Gasteiger partial charge in [-0.05, 0) is 31.2 Å². The highest BCUT2D eigenvalue weighted by molar-refractivity contribution is 7.98. The highest BCUT2D eigenvalue weighted by Gasteiger charge is 2.53. The van der Waals surface area contributed by atoms with Gasteiger partial charge < -0.3 is 5.11 Å². The number of hydrogen-bond acceptors (Lipinski definition) is 2. The predicted molar refractivity (Wildman–Crippen MR) is 61.8 cm³/mol. The van der Waals surface area contributed by atoms with Crippen LogP contribution in [-0.4, -0.2) is 17.3 Å². The summed E-state index contributed by atoms with van der Waals surface area (Å²) in [6.07, 6.45) is 3.33. The first kappa shape index (κ1) is 10.8. The molecule has 2 nitrogen and oxygen atoms in total. The van der Waals surface area contributed by atoms with Crippen molar-refractivity contribution in [3.8, 4) is 0 Å². The van der Waals surface area contributed by atoms with Crippen LogP contribution in [-0.2, 0) is 10.2 Å². The van der Waals surface area contributed by atoms with E-state index in [9.17, 15) is 9.90 Å². The molecule has 1 saturated carbocycles. The van der Waals surface area contributed by atoms with Crippen LogP contribution in [0.2, 0.25) is 5.02 Å². The largest absolute Gasteiger partial charge is 0.481 e. The Labute approximate surface area is 97.6 Å². The van der Waals surface area contributed by atoms with Crippen LogP contribution >= 0.6 is 23.4 Å². The lowest BCUT2D eigenvalue weighted by atomic mass is 9.96. The van der Waals surface area contributed by atoms with E-state index >= 15 is 0 Å². The van der Waals surface area contributed by atoms with Gasteiger partial charge in [-0.2, -0.15) is 0 Å². The summed E-state index contributed by atoms with van der Waals surface area (Å²) in [7, 11) is 0. The lowest BCUT2D eigenvalue weighted by molar-refractivity contribution is -0.140. The number of carbonyl (C=O) groups is 1. The van der Waals surface area contributed by atoms with Crippen LogP contribution in [0, 0.1) is 0 Å². The zero-order chi connectivity index (χ0) is 11.1. The number of aliphatic carboxylic acids is 1. The molecule has 0 unspecified atom stereocenters. The molecule has 80 valence electrons. The fourth-order valence-corrected chi connectivity index (χ4v) is 2.97. The van der Waals surface area contributed by atoms with Crippen LogP contribution in [0.15, 0.2) is 23.1 Å². The zero-order valence-corrected chi connectivity index (χ0v) is 9.86. The van der Waals surface area contributed by atoms with Crippen molar-refractivity contribution < 1.29 is 9.90 Å². The third-order valence-corrected chi connectivity index (χ3v) is 3.93. The minimum atomic E-state index is -0.758. The molecule has 0 bridgehead atoms. The van der Waals surface area contributed by atoms with Gasteiger partial charge >= 0.3 is 5.97 Å². The lowest BCUT2D eigenvalue weighted by Gasteiger charge is -2.15. The van der Waals surface area contributed by atoms with Crippen LogP contribution in [0.5, 0.6) is 0 Å². The summed E-state index contributed by atoms with van der Waals surface area (Å²) in [6, 6.07) is 5.55. The van der Waals surface area contributed by atoms with Crippen molar-refractivity contribution in [2.45, 2.75) is 23.2 Å². The Bertz CT molecular complexity index is 413. The normalized spacial score (nSPS) is 17.5. The van der Waals surface area contributed by atoms with Crippen molar-refractivity contribution in [2.75, 3.05) is 6.26 Å². The van der Waals surface area contributed by atoms with Gasteiger partial charge in [-0.25, -0.2) is 0 Å². The standard InChI is InChI=1S/C11H11ClO2S/c1-15-8-4-2-3-7(12)9(8)11(5-6-11)10(13)14/h2-4H,5-6H2,1H3,(H,13,14). The van der Waals surface area contributed by atoms with E-state index in [0.717, 1.165) is 10.5 Å². The molecule has 1 aromatic rings. The van der Waals surface area contributed by atoms with Gasteiger partial charge in [-0.15, -0.1) is 11.8 Å². The molecular weight excluding hydrogens is 232 g/mol. The van der Waals surface area contributed by atoms with Crippen LogP contribution < -0.4 is 0 Å². The van der Waals surface area contributed by atoms with Crippen molar-refractivity contribution in [3.05, 3.63) is 28.8 Å². The fourth-order valence-electron chi connectivity index (χ4n) is 1.83. The number of hydrogen-bond donors (Lipinski definition) is 1. The van der Waals surface area contributed by atoms with Crippen molar-refractivity contribution >= 4 is 29.3 Å². The Balaban J connectivity index is 2.56. The first-order valence-electron chi connectivity index (χ1n) is 4.68.